The molecule has 1 N–H and O–H groups in total. The number of piperidine rings is 1. The highest BCUT2D eigenvalue weighted by molar-refractivity contribution is 9.10. The van der Waals surface area contributed by atoms with Gasteiger partial charge in [-0.15, -0.1) is 0 Å². The van der Waals surface area contributed by atoms with Gasteiger partial charge in [-0.05, 0) is 36.5 Å². The number of benzene rings is 1. The predicted octanol–water partition coefficient (Wildman–Crippen LogP) is 4.36. The molecule has 3 heterocycles. The highest BCUT2D eigenvalue weighted by Crippen LogP contribution is 2.33. The van der Waals surface area contributed by atoms with Crippen molar-refractivity contribution >= 4 is 43.7 Å². The Labute approximate surface area is 138 Å². The number of nitrogens with zero attached hydrogens (tertiary/aromatic N) is 3. The molecule has 1 fully saturated rings. The van der Waals surface area contributed by atoms with Crippen molar-refractivity contribution in [3.05, 3.63) is 29.0 Å². The first-order chi connectivity index (χ1) is 10.6. The summed E-state index contributed by atoms with van der Waals surface area (Å²) in [5, 5.41) is 1.14. The Bertz CT molecular complexity index is 831. The summed E-state index contributed by atoms with van der Waals surface area (Å²) >= 11 is 3.55. The number of halogens is 1. The van der Waals surface area contributed by atoms with Crippen LogP contribution < -0.4 is 4.90 Å². The highest BCUT2D eigenvalue weighted by atomic mass is 79.9. The topological polar surface area (TPSA) is 44.8 Å². The molecule has 2 unspecified atom stereocenters. The van der Waals surface area contributed by atoms with Gasteiger partial charge in [-0.25, -0.2) is 9.97 Å². The average molecular weight is 359 g/mol. The van der Waals surface area contributed by atoms with Crippen molar-refractivity contribution in [2.75, 3.05) is 18.0 Å². The van der Waals surface area contributed by atoms with Crippen molar-refractivity contribution in [1.29, 1.82) is 0 Å². The molecule has 0 aliphatic carbocycles. The van der Waals surface area contributed by atoms with Crippen LogP contribution in [-0.2, 0) is 0 Å². The highest BCUT2D eigenvalue weighted by Gasteiger charge is 2.25. The molecule has 22 heavy (non-hydrogen) atoms. The molecule has 0 bridgehead atoms. The third-order valence-electron chi connectivity index (χ3n) is 4.49. The van der Waals surface area contributed by atoms with E-state index in [9.17, 15) is 0 Å². The molecular weight excluding hydrogens is 340 g/mol. The van der Waals surface area contributed by atoms with E-state index < -0.39 is 0 Å². The smallest absolute Gasteiger partial charge is 0.156 e. The Morgan fingerprint density at radius 1 is 1.18 bits per heavy atom. The molecule has 1 aliphatic rings. The number of anilines is 1. The third kappa shape index (κ3) is 2.28. The number of aromatic nitrogens is 3. The first-order valence-electron chi connectivity index (χ1n) is 7.78. The zero-order chi connectivity index (χ0) is 15.3. The van der Waals surface area contributed by atoms with Crippen LogP contribution in [0.25, 0.3) is 21.9 Å². The van der Waals surface area contributed by atoms with Crippen LogP contribution in [0.1, 0.15) is 20.3 Å². The fraction of sp³-hybridized carbons (Fsp3) is 0.412. The summed E-state index contributed by atoms with van der Waals surface area (Å²) in [7, 11) is 0. The van der Waals surface area contributed by atoms with Crippen LogP contribution in [0.2, 0.25) is 0 Å². The molecule has 3 aromatic rings. The van der Waals surface area contributed by atoms with Gasteiger partial charge in [-0.3, -0.25) is 0 Å². The minimum absolute atomic E-state index is 0.701. The Hall–Kier alpha value is -1.62. The van der Waals surface area contributed by atoms with Crippen molar-refractivity contribution in [3.8, 4) is 0 Å². The molecule has 0 spiro atoms. The lowest BCUT2D eigenvalue weighted by Gasteiger charge is -2.35. The Morgan fingerprint density at radius 3 is 2.73 bits per heavy atom. The number of H-pyrrole nitrogens is 1. The lowest BCUT2D eigenvalue weighted by Crippen LogP contribution is -2.39. The van der Waals surface area contributed by atoms with E-state index in [1.807, 2.05) is 0 Å². The molecule has 114 valence electrons. The van der Waals surface area contributed by atoms with E-state index in [1.54, 1.807) is 6.33 Å². The van der Waals surface area contributed by atoms with Gasteiger partial charge < -0.3 is 9.88 Å². The largest absolute Gasteiger partial charge is 0.354 e. The van der Waals surface area contributed by atoms with Gasteiger partial charge in [0.2, 0.25) is 0 Å². The molecule has 4 rings (SSSR count). The van der Waals surface area contributed by atoms with Gasteiger partial charge in [0.1, 0.15) is 17.4 Å². The molecule has 2 atom stereocenters. The quantitative estimate of drug-likeness (QED) is 0.702. The van der Waals surface area contributed by atoms with Gasteiger partial charge in [-0.2, -0.15) is 0 Å². The van der Waals surface area contributed by atoms with Crippen molar-refractivity contribution in [2.24, 2.45) is 11.8 Å². The molecule has 0 radical (unpaired) electrons. The Balaban J connectivity index is 1.89. The van der Waals surface area contributed by atoms with Gasteiger partial charge >= 0.3 is 0 Å². The fourth-order valence-electron chi connectivity index (χ4n) is 3.73. The molecule has 0 saturated carbocycles. The zero-order valence-corrected chi connectivity index (χ0v) is 14.4. The predicted molar refractivity (Wildman–Crippen MR) is 94.3 cm³/mol. The van der Waals surface area contributed by atoms with Crippen LogP contribution in [-0.4, -0.2) is 28.0 Å². The Kier molecular flexibility index (Phi) is 3.33. The molecule has 0 amide bonds. The first-order valence-corrected chi connectivity index (χ1v) is 8.58. The average Bonchev–Trinajstić information content (AvgIpc) is 2.84. The van der Waals surface area contributed by atoms with Crippen molar-refractivity contribution in [1.82, 2.24) is 15.0 Å². The van der Waals surface area contributed by atoms with Gasteiger partial charge in [0.05, 0.1) is 0 Å². The van der Waals surface area contributed by atoms with Crippen molar-refractivity contribution in [3.63, 3.8) is 0 Å². The zero-order valence-electron chi connectivity index (χ0n) is 12.8. The number of hydrogen-bond donors (Lipinski definition) is 1. The Morgan fingerprint density at radius 2 is 1.95 bits per heavy atom. The number of fused-ring (bicyclic) bond motifs is 3. The standard InChI is InChI=1S/C17H19BrN4/c1-10-5-11(2)8-22(7-10)17-16-15(19-9-20-17)13-6-12(18)3-4-14(13)21-16/h3-4,6,9-11,21H,5,7-8H2,1-2H3. The maximum atomic E-state index is 4.59. The van der Waals surface area contributed by atoms with Gasteiger partial charge in [0.15, 0.2) is 5.82 Å². The van der Waals surface area contributed by atoms with Crippen LogP contribution in [0.5, 0.6) is 0 Å². The monoisotopic (exact) mass is 358 g/mol. The van der Waals surface area contributed by atoms with Crippen LogP contribution in [0.3, 0.4) is 0 Å². The summed E-state index contributed by atoms with van der Waals surface area (Å²) in [6.45, 7) is 6.78. The second kappa shape index (κ2) is 5.23. The number of rotatable bonds is 1. The fourth-order valence-corrected chi connectivity index (χ4v) is 4.09. The lowest BCUT2D eigenvalue weighted by atomic mass is 9.92. The van der Waals surface area contributed by atoms with Crippen molar-refractivity contribution in [2.45, 2.75) is 20.3 Å². The van der Waals surface area contributed by atoms with E-state index in [4.69, 9.17) is 0 Å². The second-order valence-corrected chi connectivity index (χ2v) is 7.50. The molecule has 5 heteroatoms. The second-order valence-electron chi connectivity index (χ2n) is 6.59. The van der Waals surface area contributed by atoms with Crippen LogP contribution in [0.4, 0.5) is 5.82 Å². The number of nitrogens with one attached hydrogen (secondary N) is 1. The van der Waals surface area contributed by atoms with Gasteiger partial charge in [0, 0.05) is 28.5 Å². The van der Waals surface area contributed by atoms with E-state index in [0.29, 0.717) is 11.8 Å². The maximum absolute atomic E-state index is 4.59. The maximum Gasteiger partial charge on any atom is 0.156 e. The van der Waals surface area contributed by atoms with E-state index in [-0.39, 0.29) is 0 Å². The molecule has 1 saturated heterocycles. The summed E-state index contributed by atoms with van der Waals surface area (Å²) in [6, 6.07) is 6.26. The number of hydrogen-bond acceptors (Lipinski definition) is 3. The summed E-state index contributed by atoms with van der Waals surface area (Å²) in [4.78, 5) is 15.0. The molecule has 1 aromatic carbocycles. The minimum atomic E-state index is 0.701. The SMILES string of the molecule is CC1CC(C)CN(c2ncnc3c2[nH]c2ccc(Br)cc23)C1. The molecule has 2 aromatic heterocycles. The van der Waals surface area contributed by atoms with E-state index in [2.05, 4.69) is 67.8 Å². The van der Waals surface area contributed by atoms with Gasteiger partial charge in [0.25, 0.3) is 0 Å². The van der Waals surface area contributed by atoms with Crippen LogP contribution in [0, 0.1) is 11.8 Å². The molecule has 4 nitrogen and oxygen atoms in total. The minimum Gasteiger partial charge on any atom is -0.354 e. The van der Waals surface area contributed by atoms with E-state index in [0.717, 1.165) is 45.3 Å². The molecule has 1 aliphatic heterocycles. The summed E-state index contributed by atoms with van der Waals surface area (Å²) < 4.78 is 1.07. The summed E-state index contributed by atoms with van der Waals surface area (Å²) in [6.07, 6.45) is 2.99. The van der Waals surface area contributed by atoms with Crippen LogP contribution >= 0.6 is 15.9 Å². The van der Waals surface area contributed by atoms with Crippen LogP contribution in [0.15, 0.2) is 29.0 Å². The van der Waals surface area contributed by atoms with E-state index >= 15 is 0 Å². The van der Waals surface area contributed by atoms with Gasteiger partial charge in [-0.1, -0.05) is 29.8 Å². The summed E-state index contributed by atoms with van der Waals surface area (Å²) in [5.41, 5.74) is 3.17. The summed E-state index contributed by atoms with van der Waals surface area (Å²) in [5.74, 6) is 2.44. The van der Waals surface area contributed by atoms with E-state index in [1.165, 1.54) is 6.42 Å². The lowest BCUT2D eigenvalue weighted by molar-refractivity contribution is 0.356. The molecular formula is C17H19BrN4. The van der Waals surface area contributed by atoms with Crippen molar-refractivity contribution < 1.29 is 0 Å². The normalized spacial score (nSPS) is 22.6. The third-order valence-corrected chi connectivity index (χ3v) is 4.99. The number of aromatic amines is 1. The first kappa shape index (κ1) is 14.0.